The molecule has 28 heavy (non-hydrogen) atoms. The van der Waals surface area contributed by atoms with Gasteiger partial charge in [-0.3, -0.25) is 4.79 Å². The minimum absolute atomic E-state index is 0.00156. The number of rotatable bonds is 3. The first kappa shape index (κ1) is 20.7. The highest BCUT2D eigenvalue weighted by Crippen LogP contribution is 2.52. The van der Waals surface area contributed by atoms with Crippen LogP contribution in [0.15, 0.2) is 12.1 Å². The largest absolute Gasteiger partial charge is 0.352 e. The number of carbonyl (C=O) groups excluding carboxylic acids is 2. The zero-order valence-corrected chi connectivity index (χ0v) is 15.8. The van der Waals surface area contributed by atoms with E-state index in [4.69, 9.17) is 17.3 Å². The molecule has 0 radical (unpaired) electrons. The summed E-state index contributed by atoms with van der Waals surface area (Å²) in [5.74, 6) is -7.80. The summed E-state index contributed by atoms with van der Waals surface area (Å²) >= 11 is 5.71. The lowest BCUT2D eigenvalue weighted by molar-refractivity contribution is -0.136. The maximum absolute atomic E-state index is 14.9. The maximum atomic E-state index is 14.9. The van der Waals surface area contributed by atoms with Crippen LogP contribution in [-0.4, -0.2) is 41.4 Å². The lowest BCUT2D eigenvalue weighted by Gasteiger charge is -2.49. The number of nitrogens with two attached hydrogens (primary N) is 1. The average molecular weight is 422 g/mol. The molecule has 0 aromatic heterocycles. The molecule has 1 aliphatic heterocycles. The Bertz CT molecular complexity index is 822. The van der Waals surface area contributed by atoms with Crippen LogP contribution < -0.4 is 11.1 Å². The summed E-state index contributed by atoms with van der Waals surface area (Å²) in [4.78, 5) is 25.9. The molecule has 3 N–H and O–H groups in total. The number of benzene rings is 1. The van der Waals surface area contributed by atoms with Gasteiger partial charge in [0, 0.05) is 31.8 Å². The number of urea groups is 1. The van der Waals surface area contributed by atoms with Gasteiger partial charge in [0.2, 0.25) is 11.8 Å². The van der Waals surface area contributed by atoms with E-state index in [1.165, 1.54) is 6.92 Å². The van der Waals surface area contributed by atoms with Gasteiger partial charge in [0.25, 0.3) is 0 Å². The first-order valence-electron chi connectivity index (χ1n) is 8.85. The van der Waals surface area contributed by atoms with Crippen molar-refractivity contribution in [2.24, 2.45) is 11.7 Å². The standard InChI is InChI=1S/C18H20ClF4N3O2/c1-17(15(27)25-6-7-26(17)16(24)28)12(9-4-5-18(22,23)8-9)10-2-3-11(20)13(19)14(10)21/h2-3,9,12H,4-8H2,1H3,(H2,24,28)(H,25,27)/t9-,12-,17?/m0/s1. The Morgan fingerprint density at radius 3 is 2.64 bits per heavy atom. The number of nitrogens with one attached hydrogen (secondary N) is 1. The van der Waals surface area contributed by atoms with Gasteiger partial charge < -0.3 is 16.0 Å². The van der Waals surface area contributed by atoms with Gasteiger partial charge in [-0.15, -0.1) is 0 Å². The molecule has 5 nitrogen and oxygen atoms in total. The summed E-state index contributed by atoms with van der Waals surface area (Å²) in [6, 6.07) is 1.07. The first-order chi connectivity index (χ1) is 13.0. The van der Waals surface area contributed by atoms with E-state index in [0.29, 0.717) is 0 Å². The molecule has 3 atom stereocenters. The maximum Gasteiger partial charge on any atom is 0.315 e. The third kappa shape index (κ3) is 3.29. The molecule has 0 spiro atoms. The van der Waals surface area contributed by atoms with Crippen molar-refractivity contribution in [3.8, 4) is 0 Å². The Hall–Kier alpha value is -2.03. The Labute approximate surface area is 164 Å². The molecule has 154 valence electrons. The Kier molecular flexibility index (Phi) is 5.24. The Morgan fingerprint density at radius 1 is 1.39 bits per heavy atom. The van der Waals surface area contributed by atoms with Crippen LogP contribution in [0.25, 0.3) is 0 Å². The number of carbonyl (C=O) groups is 2. The third-order valence-corrected chi connectivity index (χ3v) is 6.17. The summed E-state index contributed by atoms with van der Waals surface area (Å²) in [6.45, 7) is 1.52. The Morgan fingerprint density at radius 2 is 2.07 bits per heavy atom. The van der Waals surface area contributed by atoms with Crippen molar-refractivity contribution in [1.29, 1.82) is 0 Å². The first-order valence-corrected chi connectivity index (χ1v) is 9.23. The number of primary amides is 1. The van der Waals surface area contributed by atoms with Crippen LogP contribution in [0.1, 0.15) is 37.7 Å². The van der Waals surface area contributed by atoms with Crippen molar-refractivity contribution in [2.75, 3.05) is 13.1 Å². The predicted molar refractivity (Wildman–Crippen MR) is 94.1 cm³/mol. The molecule has 3 amide bonds. The molecule has 1 saturated carbocycles. The monoisotopic (exact) mass is 421 g/mol. The topological polar surface area (TPSA) is 75.4 Å². The van der Waals surface area contributed by atoms with Crippen LogP contribution in [-0.2, 0) is 4.79 Å². The summed E-state index contributed by atoms with van der Waals surface area (Å²) < 4.78 is 56.5. The highest BCUT2D eigenvalue weighted by atomic mass is 35.5. The van der Waals surface area contributed by atoms with E-state index in [2.05, 4.69) is 5.32 Å². The predicted octanol–water partition coefficient (Wildman–Crippen LogP) is 3.41. The van der Waals surface area contributed by atoms with E-state index in [0.717, 1.165) is 17.0 Å². The van der Waals surface area contributed by atoms with E-state index >= 15 is 0 Å². The van der Waals surface area contributed by atoms with Crippen molar-refractivity contribution < 1.29 is 27.2 Å². The number of hydrogen-bond donors (Lipinski definition) is 2. The van der Waals surface area contributed by atoms with Gasteiger partial charge in [-0.2, -0.15) is 0 Å². The van der Waals surface area contributed by atoms with E-state index in [-0.39, 0.29) is 25.1 Å². The SMILES string of the molecule is CC1([C@H](c2ccc(F)c(Cl)c2F)[C@H]2CCC(F)(F)C2)C(=O)NCCN1C(N)=O. The minimum atomic E-state index is -2.98. The van der Waals surface area contributed by atoms with Gasteiger partial charge in [-0.25, -0.2) is 22.4 Å². The van der Waals surface area contributed by atoms with Gasteiger partial charge in [-0.1, -0.05) is 17.7 Å². The minimum Gasteiger partial charge on any atom is -0.352 e. The van der Waals surface area contributed by atoms with Crippen molar-refractivity contribution in [1.82, 2.24) is 10.2 Å². The van der Waals surface area contributed by atoms with Crippen LogP contribution in [0.2, 0.25) is 5.02 Å². The second kappa shape index (κ2) is 7.09. The van der Waals surface area contributed by atoms with Crippen molar-refractivity contribution in [2.45, 2.75) is 43.6 Å². The van der Waals surface area contributed by atoms with Crippen LogP contribution in [0.3, 0.4) is 0 Å². The molecule has 1 aromatic carbocycles. The summed E-state index contributed by atoms with van der Waals surface area (Å²) in [5, 5.41) is 1.80. The van der Waals surface area contributed by atoms with Crippen molar-refractivity contribution in [3.63, 3.8) is 0 Å². The Balaban J connectivity index is 2.20. The van der Waals surface area contributed by atoms with Crippen LogP contribution >= 0.6 is 11.6 Å². The van der Waals surface area contributed by atoms with Crippen LogP contribution in [0.4, 0.5) is 22.4 Å². The fourth-order valence-corrected chi connectivity index (χ4v) is 4.70. The number of hydrogen-bond acceptors (Lipinski definition) is 2. The molecule has 1 aromatic rings. The lowest BCUT2D eigenvalue weighted by Crippen LogP contribution is -2.69. The average Bonchev–Trinajstić information content (AvgIpc) is 2.96. The second-order valence-electron chi connectivity index (χ2n) is 7.49. The smallest absolute Gasteiger partial charge is 0.315 e. The fourth-order valence-electron chi connectivity index (χ4n) is 4.53. The highest BCUT2D eigenvalue weighted by Gasteiger charge is 2.56. The molecule has 1 heterocycles. The van der Waals surface area contributed by atoms with Crippen LogP contribution in [0.5, 0.6) is 0 Å². The zero-order chi connectivity index (χ0) is 20.9. The number of halogens is 5. The van der Waals surface area contributed by atoms with E-state index in [9.17, 15) is 27.2 Å². The number of nitrogens with zero attached hydrogens (tertiary/aromatic N) is 1. The number of amides is 3. The highest BCUT2D eigenvalue weighted by molar-refractivity contribution is 6.31. The van der Waals surface area contributed by atoms with Gasteiger partial charge in [-0.05, 0) is 30.9 Å². The lowest BCUT2D eigenvalue weighted by atomic mass is 9.69. The number of alkyl halides is 2. The number of piperazine rings is 1. The summed E-state index contributed by atoms with van der Waals surface area (Å²) in [6.07, 6.45) is -1.03. The van der Waals surface area contributed by atoms with Gasteiger partial charge in [0.1, 0.15) is 22.2 Å². The quantitative estimate of drug-likeness (QED) is 0.579. The molecule has 1 unspecified atom stereocenters. The van der Waals surface area contributed by atoms with Gasteiger partial charge >= 0.3 is 6.03 Å². The van der Waals surface area contributed by atoms with Crippen molar-refractivity contribution in [3.05, 3.63) is 34.4 Å². The van der Waals surface area contributed by atoms with E-state index in [1.807, 2.05) is 0 Å². The molecule has 0 bridgehead atoms. The summed E-state index contributed by atoms with van der Waals surface area (Å²) in [5.41, 5.74) is 3.51. The molecular weight excluding hydrogens is 402 g/mol. The molecular formula is C18H20ClF4N3O2. The normalized spacial score (nSPS) is 28.1. The molecule has 1 aliphatic carbocycles. The molecule has 2 aliphatic rings. The molecule has 1 saturated heterocycles. The van der Waals surface area contributed by atoms with E-state index < -0.39 is 64.7 Å². The summed E-state index contributed by atoms with van der Waals surface area (Å²) in [7, 11) is 0. The second-order valence-corrected chi connectivity index (χ2v) is 7.87. The van der Waals surface area contributed by atoms with Gasteiger partial charge in [0.05, 0.1) is 0 Å². The fraction of sp³-hybridized carbons (Fsp3) is 0.556. The van der Waals surface area contributed by atoms with Gasteiger partial charge in [0.15, 0.2) is 0 Å². The molecule has 10 heteroatoms. The third-order valence-electron chi connectivity index (χ3n) is 5.83. The van der Waals surface area contributed by atoms with E-state index in [1.54, 1.807) is 0 Å². The van der Waals surface area contributed by atoms with Crippen molar-refractivity contribution >= 4 is 23.5 Å². The molecule has 3 rings (SSSR count). The zero-order valence-electron chi connectivity index (χ0n) is 15.1. The molecule has 2 fully saturated rings. The van der Waals surface area contributed by atoms with Crippen LogP contribution in [0, 0.1) is 17.6 Å².